The first-order valence-corrected chi connectivity index (χ1v) is 6.87. The molecule has 2 nitrogen and oxygen atoms in total. The van der Waals surface area contributed by atoms with Crippen LogP contribution in [0.5, 0.6) is 0 Å². The maximum Gasteiger partial charge on any atom is 0.254 e. The predicted molar refractivity (Wildman–Crippen MR) is 72.4 cm³/mol. The molecule has 1 aromatic rings. The molecule has 2 aliphatic rings. The number of allylic oxidation sites excluding steroid dienone is 1. The summed E-state index contributed by atoms with van der Waals surface area (Å²) in [5, 5.41) is 0. The highest BCUT2D eigenvalue weighted by molar-refractivity contribution is 5.94. The number of amides is 1. The molecule has 1 aliphatic heterocycles. The van der Waals surface area contributed by atoms with Gasteiger partial charge in [-0.2, -0.15) is 0 Å². The summed E-state index contributed by atoms with van der Waals surface area (Å²) in [5.41, 5.74) is 0.827. The van der Waals surface area contributed by atoms with Crippen LogP contribution in [0, 0.1) is 5.92 Å². The molecule has 2 heteroatoms. The van der Waals surface area contributed by atoms with Crippen molar-refractivity contribution in [2.24, 2.45) is 5.92 Å². The van der Waals surface area contributed by atoms with Crippen LogP contribution in [0.4, 0.5) is 0 Å². The second-order valence-electron chi connectivity index (χ2n) is 5.28. The summed E-state index contributed by atoms with van der Waals surface area (Å²) in [6, 6.07) is 10.1. The van der Waals surface area contributed by atoms with Crippen LogP contribution in [0.15, 0.2) is 42.5 Å². The molecule has 1 heterocycles. The van der Waals surface area contributed by atoms with Crippen molar-refractivity contribution in [1.82, 2.24) is 4.90 Å². The molecular formula is C16H19NO. The van der Waals surface area contributed by atoms with Crippen molar-refractivity contribution < 1.29 is 4.79 Å². The van der Waals surface area contributed by atoms with E-state index >= 15 is 0 Å². The van der Waals surface area contributed by atoms with Gasteiger partial charge in [0.05, 0.1) is 0 Å². The first-order chi connectivity index (χ1) is 8.86. The van der Waals surface area contributed by atoms with E-state index < -0.39 is 0 Å². The van der Waals surface area contributed by atoms with Gasteiger partial charge in [0.15, 0.2) is 0 Å². The van der Waals surface area contributed by atoms with E-state index in [1.807, 2.05) is 30.3 Å². The lowest BCUT2D eigenvalue weighted by molar-refractivity contribution is 0.0490. The molecule has 1 amide bonds. The van der Waals surface area contributed by atoms with Gasteiger partial charge in [0.1, 0.15) is 0 Å². The van der Waals surface area contributed by atoms with Gasteiger partial charge < -0.3 is 4.90 Å². The normalized spacial score (nSPS) is 26.8. The zero-order chi connectivity index (χ0) is 12.4. The van der Waals surface area contributed by atoms with E-state index in [1.165, 1.54) is 6.42 Å². The Hall–Kier alpha value is -1.57. The maximum absolute atomic E-state index is 12.6. The van der Waals surface area contributed by atoms with Gasteiger partial charge in [0, 0.05) is 18.2 Å². The second kappa shape index (κ2) is 4.97. The molecule has 0 unspecified atom stereocenters. The van der Waals surface area contributed by atoms with Crippen molar-refractivity contribution in [1.29, 1.82) is 0 Å². The lowest BCUT2D eigenvalue weighted by Gasteiger charge is -2.42. The Morgan fingerprint density at radius 1 is 1.11 bits per heavy atom. The van der Waals surface area contributed by atoms with Crippen molar-refractivity contribution in [3.63, 3.8) is 0 Å². The van der Waals surface area contributed by atoms with Crippen molar-refractivity contribution in [3.05, 3.63) is 48.0 Å². The largest absolute Gasteiger partial charge is 0.335 e. The summed E-state index contributed by atoms with van der Waals surface area (Å²) in [6.45, 7) is 0.919. The molecule has 0 aromatic heterocycles. The van der Waals surface area contributed by atoms with Crippen LogP contribution in [-0.4, -0.2) is 23.4 Å². The predicted octanol–water partition coefficient (Wildman–Crippen LogP) is 3.26. The molecule has 1 fully saturated rings. The second-order valence-corrected chi connectivity index (χ2v) is 5.28. The van der Waals surface area contributed by atoms with Crippen molar-refractivity contribution >= 4 is 5.91 Å². The maximum atomic E-state index is 12.6. The lowest BCUT2D eigenvalue weighted by atomic mass is 9.81. The van der Waals surface area contributed by atoms with Crippen LogP contribution in [0.1, 0.15) is 36.0 Å². The third-order valence-electron chi connectivity index (χ3n) is 4.18. The summed E-state index contributed by atoms with van der Waals surface area (Å²) in [6.07, 6.45) is 9.10. The van der Waals surface area contributed by atoms with Crippen LogP contribution >= 0.6 is 0 Å². The monoisotopic (exact) mass is 241 g/mol. The zero-order valence-corrected chi connectivity index (χ0v) is 10.6. The lowest BCUT2D eigenvalue weighted by Crippen LogP contribution is -2.48. The topological polar surface area (TPSA) is 20.3 Å². The number of hydrogen-bond donors (Lipinski definition) is 0. The molecule has 3 rings (SSSR count). The summed E-state index contributed by atoms with van der Waals surface area (Å²) in [4.78, 5) is 14.7. The first-order valence-electron chi connectivity index (χ1n) is 6.87. The highest BCUT2D eigenvalue weighted by atomic mass is 16.2. The average molecular weight is 241 g/mol. The van der Waals surface area contributed by atoms with Gasteiger partial charge in [-0.1, -0.05) is 30.4 Å². The number of fused-ring (bicyclic) bond motifs is 1. The Kier molecular flexibility index (Phi) is 3.18. The van der Waals surface area contributed by atoms with Gasteiger partial charge in [-0.25, -0.2) is 0 Å². The molecule has 2 atom stereocenters. The van der Waals surface area contributed by atoms with Gasteiger partial charge in [-0.05, 0) is 43.7 Å². The third-order valence-corrected chi connectivity index (χ3v) is 4.18. The third kappa shape index (κ3) is 2.07. The van der Waals surface area contributed by atoms with E-state index in [0.29, 0.717) is 12.0 Å². The molecule has 0 bridgehead atoms. The van der Waals surface area contributed by atoms with E-state index in [0.717, 1.165) is 31.4 Å². The van der Waals surface area contributed by atoms with Gasteiger partial charge >= 0.3 is 0 Å². The number of nitrogens with zero attached hydrogens (tertiary/aromatic N) is 1. The summed E-state index contributed by atoms with van der Waals surface area (Å²) in [5.74, 6) is 0.886. The highest BCUT2D eigenvalue weighted by Crippen LogP contribution is 2.32. The van der Waals surface area contributed by atoms with Crippen LogP contribution in [-0.2, 0) is 0 Å². The number of benzene rings is 1. The summed E-state index contributed by atoms with van der Waals surface area (Å²) >= 11 is 0. The Morgan fingerprint density at radius 3 is 2.72 bits per heavy atom. The van der Waals surface area contributed by atoms with Gasteiger partial charge in [0.25, 0.3) is 5.91 Å². The molecule has 0 N–H and O–H groups in total. The average Bonchev–Trinajstić information content (AvgIpc) is 2.47. The van der Waals surface area contributed by atoms with Gasteiger partial charge in [0.2, 0.25) is 0 Å². The van der Waals surface area contributed by atoms with E-state index in [9.17, 15) is 4.79 Å². The fourth-order valence-corrected chi connectivity index (χ4v) is 3.24. The fraction of sp³-hybridized carbons (Fsp3) is 0.438. The van der Waals surface area contributed by atoms with E-state index in [1.54, 1.807) is 0 Å². The Labute approximate surface area is 108 Å². The minimum Gasteiger partial charge on any atom is -0.335 e. The number of rotatable bonds is 1. The van der Waals surface area contributed by atoms with Gasteiger partial charge in [-0.15, -0.1) is 0 Å². The van der Waals surface area contributed by atoms with Crippen molar-refractivity contribution in [2.45, 2.75) is 31.7 Å². The van der Waals surface area contributed by atoms with Crippen LogP contribution in [0.25, 0.3) is 0 Å². The van der Waals surface area contributed by atoms with Gasteiger partial charge in [-0.3, -0.25) is 4.79 Å². The SMILES string of the molecule is O=C(c1ccccc1)N1CCC[C@@H]2CC=CC[C@H]21. The molecule has 0 saturated carbocycles. The molecule has 94 valence electrons. The molecular weight excluding hydrogens is 222 g/mol. The Balaban J connectivity index is 1.82. The minimum absolute atomic E-state index is 0.209. The standard InChI is InChI=1S/C16H19NO/c18-16(14-8-2-1-3-9-14)17-12-6-10-13-7-4-5-11-15(13)17/h1-5,8-9,13,15H,6-7,10-12H2/t13-,15+/m0/s1. The number of carbonyl (C=O) groups excluding carboxylic acids is 1. The number of piperidine rings is 1. The number of likely N-dealkylation sites (tertiary alicyclic amines) is 1. The minimum atomic E-state index is 0.209. The molecule has 18 heavy (non-hydrogen) atoms. The summed E-state index contributed by atoms with van der Waals surface area (Å²) in [7, 11) is 0. The summed E-state index contributed by atoms with van der Waals surface area (Å²) < 4.78 is 0. The van der Waals surface area contributed by atoms with Crippen molar-refractivity contribution in [3.8, 4) is 0 Å². The molecule has 0 radical (unpaired) electrons. The number of hydrogen-bond acceptors (Lipinski definition) is 1. The number of carbonyl (C=O) groups is 1. The fourth-order valence-electron chi connectivity index (χ4n) is 3.24. The molecule has 0 spiro atoms. The zero-order valence-electron chi connectivity index (χ0n) is 10.6. The Morgan fingerprint density at radius 2 is 1.89 bits per heavy atom. The smallest absolute Gasteiger partial charge is 0.254 e. The van der Waals surface area contributed by atoms with E-state index in [4.69, 9.17) is 0 Å². The van der Waals surface area contributed by atoms with Crippen molar-refractivity contribution in [2.75, 3.05) is 6.54 Å². The van der Waals surface area contributed by atoms with Crippen LogP contribution in [0.3, 0.4) is 0 Å². The van der Waals surface area contributed by atoms with Crippen LogP contribution < -0.4 is 0 Å². The van der Waals surface area contributed by atoms with Crippen LogP contribution in [0.2, 0.25) is 0 Å². The first kappa shape index (κ1) is 11.5. The quantitative estimate of drug-likeness (QED) is 0.691. The molecule has 1 saturated heterocycles. The van der Waals surface area contributed by atoms with E-state index in [2.05, 4.69) is 17.1 Å². The van der Waals surface area contributed by atoms with E-state index in [-0.39, 0.29) is 5.91 Å². The molecule has 1 aliphatic carbocycles. The Bertz CT molecular complexity index is 451. The molecule has 1 aromatic carbocycles. The highest BCUT2D eigenvalue weighted by Gasteiger charge is 2.34.